The van der Waals surface area contributed by atoms with Crippen LogP contribution in [0, 0.1) is 23.7 Å². The van der Waals surface area contributed by atoms with E-state index in [1.807, 2.05) is 37.3 Å². The first-order valence-electron chi connectivity index (χ1n) is 10.2. The largest absolute Gasteiger partial charge is 0.393 e. The summed E-state index contributed by atoms with van der Waals surface area (Å²) in [5.74, 6) is -5.86. The van der Waals surface area contributed by atoms with Crippen LogP contribution < -0.4 is 4.90 Å². The molecule has 4 rings (SSSR count). The van der Waals surface area contributed by atoms with Gasteiger partial charge in [-0.2, -0.15) is 0 Å². The predicted octanol–water partition coefficient (Wildman–Crippen LogP) is 3.32. The van der Waals surface area contributed by atoms with Crippen LogP contribution in [0.15, 0.2) is 60.7 Å². The summed E-state index contributed by atoms with van der Waals surface area (Å²) in [7, 11) is 0. The lowest BCUT2D eigenvalue weighted by Gasteiger charge is -2.27. The molecule has 2 aliphatic rings. The smallest absolute Gasteiger partial charge is 0.318 e. The molecule has 0 saturated carbocycles. The van der Waals surface area contributed by atoms with Crippen LogP contribution in [0.5, 0.6) is 0 Å². The van der Waals surface area contributed by atoms with Crippen LogP contribution in [0.1, 0.15) is 31.7 Å². The van der Waals surface area contributed by atoms with E-state index in [4.69, 9.17) is 4.74 Å². The normalized spacial score (nSPS) is 27.5. The van der Waals surface area contributed by atoms with Crippen molar-refractivity contribution in [3.05, 3.63) is 66.2 Å². The van der Waals surface area contributed by atoms with E-state index in [0.717, 1.165) is 5.56 Å². The van der Waals surface area contributed by atoms with Gasteiger partial charge in [0.25, 0.3) is 0 Å². The molecule has 2 aromatic rings. The summed E-state index contributed by atoms with van der Waals surface area (Å²) in [5.41, 5.74) is 1.39. The number of esters is 2. The average Bonchev–Trinajstić information content (AvgIpc) is 3.15. The van der Waals surface area contributed by atoms with Gasteiger partial charge in [-0.25, -0.2) is 0 Å². The lowest BCUT2D eigenvalue weighted by molar-refractivity contribution is -0.154. The molecule has 0 aromatic heterocycles. The summed E-state index contributed by atoms with van der Waals surface area (Å²) in [6.45, 7) is 3.54. The van der Waals surface area contributed by atoms with Crippen molar-refractivity contribution < 1.29 is 23.9 Å². The highest BCUT2D eigenvalue weighted by Gasteiger charge is 2.60. The number of para-hydroxylation sites is 1. The van der Waals surface area contributed by atoms with Crippen molar-refractivity contribution in [1.29, 1.82) is 0 Å². The van der Waals surface area contributed by atoms with Gasteiger partial charge in [0.1, 0.15) is 0 Å². The van der Waals surface area contributed by atoms with Gasteiger partial charge in [-0.3, -0.25) is 24.1 Å². The highest BCUT2D eigenvalue weighted by Crippen LogP contribution is 2.47. The standard InChI is InChI=1S/C24H23NO5/c1-3-17(15-10-6-4-7-11-15)19-20(18-14(2)23(28)30-24(18)29)22(27)25(21(19)26)16-12-8-5-9-13-16/h4-14,17-20H,3H2,1-2H3. The van der Waals surface area contributed by atoms with Crippen molar-refractivity contribution in [1.82, 2.24) is 0 Å². The second kappa shape index (κ2) is 7.86. The third kappa shape index (κ3) is 3.12. The molecule has 6 nitrogen and oxygen atoms in total. The Morgan fingerprint density at radius 3 is 1.97 bits per heavy atom. The lowest BCUT2D eigenvalue weighted by atomic mass is 9.70. The number of anilines is 1. The van der Waals surface area contributed by atoms with E-state index in [9.17, 15) is 19.2 Å². The molecule has 2 amide bonds. The van der Waals surface area contributed by atoms with Crippen LogP contribution in [-0.4, -0.2) is 23.8 Å². The predicted molar refractivity (Wildman–Crippen MR) is 109 cm³/mol. The van der Waals surface area contributed by atoms with Crippen LogP contribution in [0.2, 0.25) is 0 Å². The van der Waals surface area contributed by atoms with Crippen LogP contribution in [0.4, 0.5) is 5.69 Å². The number of cyclic esters (lactones) is 2. The summed E-state index contributed by atoms with van der Waals surface area (Å²) in [4.78, 5) is 52.9. The SMILES string of the molecule is CCC(c1ccccc1)C1C(=O)N(c2ccccc2)C(=O)C1C1C(=O)OC(=O)C1C. The average molecular weight is 405 g/mol. The van der Waals surface area contributed by atoms with E-state index in [2.05, 4.69) is 0 Å². The summed E-state index contributed by atoms with van der Waals surface area (Å²) in [6, 6.07) is 18.2. The minimum Gasteiger partial charge on any atom is -0.393 e. The second-order valence-corrected chi connectivity index (χ2v) is 7.88. The molecule has 5 atom stereocenters. The molecular formula is C24H23NO5. The van der Waals surface area contributed by atoms with Crippen molar-refractivity contribution in [2.75, 3.05) is 4.90 Å². The fourth-order valence-electron chi connectivity index (χ4n) is 4.81. The molecule has 2 saturated heterocycles. The number of imide groups is 1. The number of rotatable bonds is 5. The molecule has 6 heteroatoms. The molecule has 2 heterocycles. The molecule has 154 valence electrons. The van der Waals surface area contributed by atoms with Crippen LogP contribution >= 0.6 is 0 Å². The molecule has 2 fully saturated rings. The maximum Gasteiger partial charge on any atom is 0.318 e. The topological polar surface area (TPSA) is 80.8 Å². The number of carbonyl (C=O) groups is 4. The van der Waals surface area contributed by atoms with Crippen molar-refractivity contribution >= 4 is 29.4 Å². The zero-order valence-corrected chi connectivity index (χ0v) is 16.9. The second-order valence-electron chi connectivity index (χ2n) is 7.88. The van der Waals surface area contributed by atoms with Gasteiger partial charge in [0.15, 0.2) is 0 Å². The van der Waals surface area contributed by atoms with Gasteiger partial charge in [0.2, 0.25) is 11.8 Å². The van der Waals surface area contributed by atoms with E-state index in [-0.39, 0.29) is 11.8 Å². The highest BCUT2D eigenvalue weighted by molar-refractivity contribution is 6.23. The maximum absolute atomic E-state index is 13.6. The van der Waals surface area contributed by atoms with Gasteiger partial charge < -0.3 is 4.74 Å². The van der Waals surface area contributed by atoms with E-state index >= 15 is 0 Å². The van der Waals surface area contributed by atoms with Gasteiger partial charge >= 0.3 is 11.9 Å². The molecule has 0 aliphatic carbocycles. The quantitative estimate of drug-likeness (QED) is 0.433. The Bertz CT molecular complexity index is 987. The number of nitrogens with zero attached hydrogens (tertiary/aromatic N) is 1. The van der Waals surface area contributed by atoms with Crippen molar-refractivity contribution in [3.63, 3.8) is 0 Å². The number of carbonyl (C=O) groups excluding carboxylic acids is 4. The van der Waals surface area contributed by atoms with Gasteiger partial charge in [-0.15, -0.1) is 0 Å². The van der Waals surface area contributed by atoms with Crippen LogP contribution in [0.25, 0.3) is 0 Å². The minimum absolute atomic E-state index is 0.267. The van der Waals surface area contributed by atoms with Gasteiger partial charge in [0, 0.05) is 0 Å². The number of hydrogen-bond acceptors (Lipinski definition) is 5. The first-order chi connectivity index (χ1) is 14.5. The summed E-state index contributed by atoms with van der Waals surface area (Å²) < 4.78 is 4.83. The van der Waals surface area contributed by atoms with E-state index in [1.54, 1.807) is 37.3 Å². The van der Waals surface area contributed by atoms with Crippen molar-refractivity contribution in [2.45, 2.75) is 26.2 Å². The van der Waals surface area contributed by atoms with E-state index in [0.29, 0.717) is 12.1 Å². The number of benzene rings is 2. The van der Waals surface area contributed by atoms with Crippen molar-refractivity contribution in [3.8, 4) is 0 Å². The van der Waals surface area contributed by atoms with Crippen LogP contribution in [0.3, 0.4) is 0 Å². The monoisotopic (exact) mass is 405 g/mol. The van der Waals surface area contributed by atoms with E-state index < -0.39 is 41.5 Å². The summed E-state index contributed by atoms with van der Waals surface area (Å²) >= 11 is 0. The van der Waals surface area contributed by atoms with Gasteiger partial charge in [-0.05, 0) is 30.0 Å². The molecule has 0 spiro atoms. The Kier molecular flexibility index (Phi) is 5.24. The fraction of sp³-hybridized carbons (Fsp3) is 0.333. The zero-order chi connectivity index (χ0) is 21.4. The highest BCUT2D eigenvalue weighted by atomic mass is 16.6. The Morgan fingerprint density at radius 1 is 0.833 bits per heavy atom. The number of hydrogen-bond donors (Lipinski definition) is 0. The number of amides is 2. The Morgan fingerprint density at radius 2 is 1.43 bits per heavy atom. The maximum atomic E-state index is 13.6. The Hall–Kier alpha value is -3.28. The molecule has 0 bridgehead atoms. The van der Waals surface area contributed by atoms with Gasteiger partial charge in [0.05, 0.1) is 29.4 Å². The Labute approximate surface area is 174 Å². The first kappa shape index (κ1) is 20.0. The third-order valence-corrected chi connectivity index (χ3v) is 6.28. The molecular weight excluding hydrogens is 382 g/mol. The van der Waals surface area contributed by atoms with Gasteiger partial charge in [-0.1, -0.05) is 62.4 Å². The van der Waals surface area contributed by atoms with Crippen molar-refractivity contribution in [2.24, 2.45) is 23.7 Å². The molecule has 0 radical (unpaired) electrons. The Balaban J connectivity index is 1.83. The van der Waals surface area contributed by atoms with E-state index in [1.165, 1.54) is 4.90 Å². The fourth-order valence-corrected chi connectivity index (χ4v) is 4.81. The number of ether oxygens (including phenoxy) is 1. The summed E-state index contributed by atoms with van der Waals surface area (Å²) in [6.07, 6.45) is 0.608. The minimum atomic E-state index is -0.967. The molecule has 2 aliphatic heterocycles. The lowest BCUT2D eigenvalue weighted by Crippen LogP contribution is -2.36. The molecule has 0 N–H and O–H groups in total. The first-order valence-corrected chi connectivity index (χ1v) is 10.2. The molecule has 2 aromatic carbocycles. The third-order valence-electron chi connectivity index (χ3n) is 6.28. The summed E-state index contributed by atoms with van der Waals surface area (Å²) in [5, 5.41) is 0. The zero-order valence-electron chi connectivity index (χ0n) is 16.9. The molecule has 5 unspecified atom stereocenters. The van der Waals surface area contributed by atoms with Crippen LogP contribution in [-0.2, 0) is 23.9 Å². The molecule has 30 heavy (non-hydrogen) atoms.